The number of hydrogen-bond donors (Lipinski definition) is 3. The number of nitrogens with one attached hydrogen (secondary N) is 1. The van der Waals surface area contributed by atoms with E-state index in [9.17, 15) is 19.8 Å². The summed E-state index contributed by atoms with van der Waals surface area (Å²) in [7, 11) is 4.94. The Bertz CT molecular complexity index is 1160. The van der Waals surface area contributed by atoms with Gasteiger partial charge in [0.25, 0.3) is 5.91 Å². The monoisotopic (exact) mass is 785 g/mol. The van der Waals surface area contributed by atoms with Crippen LogP contribution in [0.25, 0.3) is 0 Å². The Kier molecular flexibility index (Phi) is 10.9. The lowest BCUT2D eigenvalue weighted by molar-refractivity contribution is -0.142. The molecule has 1 aliphatic carbocycles. The van der Waals surface area contributed by atoms with Crippen molar-refractivity contribution in [1.82, 2.24) is 10.2 Å². The van der Waals surface area contributed by atoms with Crippen LogP contribution in [0.5, 0.6) is 5.75 Å². The molecule has 0 saturated carbocycles. The molecule has 0 bridgehead atoms. The summed E-state index contributed by atoms with van der Waals surface area (Å²) in [5, 5.41) is 26.9. The molecule has 3 atom stereocenters. The fourth-order valence-electron chi connectivity index (χ4n) is 3.95. The van der Waals surface area contributed by atoms with Crippen LogP contribution in [0.1, 0.15) is 18.4 Å². The number of hydrogen-bond acceptors (Lipinski definition) is 8. The van der Waals surface area contributed by atoms with Gasteiger partial charge in [-0.2, -0.15) is 0 Å². The highest BCUT2D eigenvalue weighted by molar-refractivity contribution is 9.12. The highest BCUT2D eigenvalue weighted by Gasteiger charge is 2.50. The third-order valence-corrected chi connectivity index (χ3v) is 8.55. The Morgan fingerprint density at radius 2 is 1.92 bits per heavy atom. The van der Waals surface area contributed by atoms with Gasteiger partial charge in [0.15, 0.2) is 5.60 Å². The van der Waals surface area contributed by atoms with Crippen molar-refractivity contribution < 1.29 is 34.1 Å². The first-order valence-corrected chi connectivity index (χ1v) is 14.6. The summed E-state index contributed by atoms with van der Waals surface area (Å²) in [6.07, 6.45) is 1.49. The zero-order valence-corrected chi connectivity index (χ0v) is 27.1. The Balaban J connectivity index is 1.49. The summed E-state index contributed by atoms with van der Waals surface area (Å²) < 4.78 is 13.5. The molecule has 14 heteroatoms. The third-order valence-electron chi connectivity index (χ3n) is 5.99. The van der Waals surface area contributed by atoms with Crippen molar-refractivity contribution in [2.24, 2.45) is 5.16 Å². The number of aliphatic hydroxyl groups is 1. The van der Waals surface area contributed by atoms with Gasteiger partial charge in [-0.1, -0.05) is 5.16 Å². The second kappa shape index (κ2) is 13.3. The van der Waals surface area contributed by atoms with E-state index in [1.807, 2.05) is 12.1 Å². The van der Waals surface area contributed by atoms with E-state index in [2.05, 4.69) is 74.2 Å². The number of oxime groups is 1. The van der Waals surface area contributed by atoms with Crippen molar-refractivity contribution in [2.45, 2.75) is 37.0 Å². The fraction of sp³-hybridized carbons (Fsp3) is 0.458. The van der Waals surface area contributed by atoms with E-state index in [4.69, 9.17) is 14.3 Å². The highest BCUT2D eigenvalue weighted by Crippen LogP contribution is 2.44. The summed E-state index contributed by atoms with van der Waals surface area (Å²) >= 11 is 13.7. The van der Waals surface area contributed by atoms with Crippen LogP contribution in [0.15, 0.2) is 47.0 Å². The molecule has 1 spiro atoms. The minimum atomic E-state index is -1.21. The molecule has 0 aromatic heterocycles. The molecule has 1 aromatic carbocycles. The van der Waals surface area contributed by atoms with Gasteiger partial charge in [-0.15, -0.1) is 0 Å². The summed E-state index contributed by atoms with van der Waals surface area (Å²) in [4.78, 5) is 31.3. The number of ether oxygens (including phenoxy) is 2. The minimum absolute atomic E-state index is 0.0838. The maximum absolute atomic E-state index is 12.6. The number of halogens is 4. The number of nitrogens with zero attached hydrogens (tertiary/aromatic N) is 2. The summed E-state index contributed by atoms with van der Waals surface area (Å²) in [6.45, 7) is 0.659. The number of carboxylic acids is 1. The van der Waals surface area contributed by atoms with Crippen LogP contribution in [0, 0.1) is 0 Å². The van der Waals surface area contributed by atoms with E-state index in [-0.39, 0.29) is 12.1 Å². The highest BCUT2D eigenvalue weighted by atomic mass is 79.9. The summed E-state index contributed by atoms with van der Waals surface area (Å²) in [5.41, 5.74) is -0.203. The van der Waals surface area contributed by atoms with Crippen LogP contribution in [0.2, 0.25) is 0 Å². The number of aliphatic carboxylic acids is 1. The third kappa shape index (κ3) is 7.00. The predicted molar refractivity (Wildman–Crippen MR) is 156 cm³/mol. The molecule has 208 valence electrons. The summed E-state index contributed by atoms with van der Waals surface area (Å²) in [5.74, 6) is -0.253. The number of carbonyl (C=O) groups is 2. The van der Waals surface area contributed by atoms with E-state index < -0.39 is 29.6 Å². The van der Waals surface area contributed by atoms with Crippen molar-refractivity contribution in [2.75, 3.05) is 34.4 Å². The van der Waals surface area contributed by atoms with E-state index >= 15 is 0 Å². The number of allylic oxidation sites excluding steroid dienone is 1. The number of rotatable bonds is 11. The van der Waals surface area contributed by atoms with Crippen molar-refractivity contribution in [1.29, 1.82) is 0 Å². The van der Waals surface area contributed by atoms with Crippen molar-refractivity contribution in [3.05, 3.63) is 47.4 Å². The first kappa shape index (κ1) is 31.1. The average Bonchev–Trinajstić information content (AvgIpc) is 3.27. The van der Waals surface area contributed by atoms with Gasteiger partial charge in [0.2, 0.25) is 0 Å². The largest absolute Gasteiger partial charge is 0.495 e. The molecule has 1 aromatic rings. The van der Waals surface area contributed by atoms with Crippen molar-refractivity contribution in [3.8, 4) is 5.75 Å². The molecule has 2 aliphatic rings. The second-order valence-corrected chi connectivity index (χ2v) is 12.3. The molecule has 10 nitrogen and oxygen atoms in total. The van der Waals surface area contributed by atoms with Crippen LogP contribution in [0.4, 0.5) is 0 Å². The Morgan fingerprint density at radius 3 is 2.50 bits per heavy atom. The van der Waals surface area contributed by atoms with Crippen LogP contribution in [-0.2, 0) is 25.6 Å². The predicted octanol–water partition coefficient (Wildman–Crippen LogP) is 4.08. The lowest BCUT2D eigenvalue weighted by Crippen LogP contribution is -2.45. The van der Waals surface area contributed by atoms with E-state index in [1.54, 1.807) is 25.1 Å². The molecular weight excluding hydrogens is 762 g/mol. The molecule has 0 saturated heterocycles. The van der Waals surface area contributed by atoms with Gasteiger partial charge in [0.1, 0.15) is 29.4 Å². The Labute approximate surface area is 253 Å². The molecule has 0 radical (unpaired) electrons. The average molecular weight is 789 g/mol. The number of amides is 1. The molecule has 1 amide bonds. The van der Waals surface area contributed by atoms with E-state index in [1.165, 1.54) is 7.11 Å². The molecule has 38 heavy (non-hydrogen) atoms. The lowest BCUT2D eigenvalue weighted by Gasteiger charge is -2.33. The van der Waals surface area contributed by atoms with Gasteiger partial charge in [-0.05, 0) is 114 Å². The second-order valence-electron chi connectivity index (χ2n) is 8.91. The molecular formula is C24H27Br4N3O7. The molecule has 1 aliphatic heterocycles. The standard InChI is InChI=1S/C24H27Br4N3O7/c1-31(2)17(23(34)35)9-12-7-13(25)19(14(26)8-12)37-6-4-5-29-22(33)16-11-24(38-30-16)10-15(27)20(36-3)18(28)21(24)32/h7-8,10,17,21,32H,4-6,9,11H2,1-3H3,(H,29,33)(H,34,35)/t17-,21+,24-/m0/s1. The molecule has 3 rings (SSSR count). The molecule has 3 N–H and O–H groups in total. The summed E-state index contributed by atoms with van der Waals surface area (Å²) in [6, 6.07) is 3.03. The number of methoxy groups -OCH3 is 1. The normalized spacial score (nSPS) is 21.7. The van der Waals surface area contributed by atoms with Gasteiger partial charge in [0, 0.05) is 13.0 Å². The van der Waals surface area contributed by atoms with Gasteiger partial charge in [0.05, 0.1) is 31.6 Å². The zero-order chi connectivity index (χ0) is 28.2. The number of carboxylic acid groups (broad SMARTS) is 1. The van der Waals surface area contributed by atoms with Crippen LogP contribution >= 0.6 is 63.7 Å². The Hall–Kier alpha value is -1.45. The van der Waals surface area contributed by atoms with Gasteiger partial charge in [-0.3, -0.25) is 14.5 Å². The van der Waals surface area contributed by atoms with Gasteiger partial charge < -0.3 is 29.8 Å². The SMILES string of the molecule is COC1=C(Br)[C@@H](O)[C@]2(C=C1Br)CC(C(=O)NCCCOc1c(Br)cc(C[C@@H](C(=O)O)N(C)C)cc1Br)=NO2. The smallest absolute Gasteiger partial charge is 0.321 e. The molecule has 0 fully saturated rings. The lowest BCUT2D eigenvalue weighted by atomic mass is 9.87. The molecule has 0 unspecified atom stereocenters. The van der Waals surface area contributed by atoms with Gasteiger partial charge >= 0.3 is 5.97 Å². The van der Waals surface area contributed by atoms with E-state index in [0.29, 0.717) is 55.4 Å². The maximum Gasteiger partial charge on any atom is 0.321 e. The number of aliphatic hydroxyl groups excluding tert-OH is 1. The fourth-order valence-corrected chi connectivity index (χ4v) is 7.25. The zero-order valence-electron chi connectivity index (χ0n) is 20.8. The van der Waals surface area contributed by atoms with Crippen LogP contribution < -0.4 is 10.1 Å². The Morgan fingerprint density at radius 1 is 1.26 bits per heavy atom. The number of benzene rings is 1. The van der Waals surface area contributed by atoms with E-state index in [0.717, 1.165) is 5.56 Å². The maximum atomic E-state index is 12.6. The van der Waals surface area contributed by atoms with Crippen LogP contribution in [0.3, 0.4) is 0 Å². The topological polar surface area (TPSA) is 130 Å². The van der Waals surface area contributed by atoms with Crippen molar-refractivity contribution in [3.63, 3.8) is 0 Å². The number of likely N-dealkylation sites (N-methyl/N-ethyl adjacent to an activating group) is 1. The first-order valence-electron chi connectivity index (χ1n) is 11.4. The quantitative estimate of drug-likeness (QED) is 0.287. The minimum Gasteiger partial charge on any atom is -0.495 e. The molecule has 1 heterocycles. The van der Waals surface area contributed by atoms with Crippen LogP contribution in [-0.4, -0.2) is 84.8 Å². The number of carbonyl (C=O) groups excluding carboxylic acids is 1. The first-order chi connectivity index (χ1) is 17.9. The van der Waals surface area contributed by atoms with Crippen molar-refractivity contribution >= 4 is 81.3 Å². The van der Waals surface area contributed by atoms with Gasteiger partial charge in [-0.25, -0.2) is 0 Å².